The average molecular weight is 285 g/mol. The molecule has 0 saturated carbocycles. The van der Waals surface area contributed by atoms with Gasteiger partial charge in [-0.3, -0.25) is 4.79 Å². The predicted molar refractivity (Wildman–Crippen MR) is 84.1 cm³/mol. The lowest BCUT2D eigenvalue weighted by molar-refractivity contribution is 0.102. The fourth-order valence-electron chi connectivity index (χ4n) is 2.19. The Hall–Kier alpha value is -2.16. The third-order valence-electron chi connectivity index (χ3n) is 3.31. The molecule has 2 rings (SSSR count). The Labute approximate surface area is 125 Å². The van der Waals surface area contributed by atoms with Crippen molar-refractivity contribution >= 4 is 11.6 Å². The van der Waals surface area contributed by atoms with E-state index >= 15 is 0 Å². The van der Waals surface area contributed by atoms with Crippen LogP contribution in [0.25, 0.3) is 0 Å². The van der Waals surface area contributed by atoms with E-state index in [1.807, 2.05) is 31.2 Å². The summed E-state index contributed by atoms with van der Waals surface area (Å²) in [6.45, 7) is 6.15. The second-order valence-electron chi connectivity index (χ2n) is 5.71. The summed E-state index contributed by atoms with van der Waals surface area (Å²) >= 11 is 0. The van der Waals surface area contributed by atoms with Crippen LogP contribution in [0.1, 0.15) is 35.3 Å². The van der Waals surface area contributed by atoms with Crippen molar-refractivity contribution in [2.75, 3.05) is 5.32 Å². The fourth-order valence-corrected chi connectivity index (χ4v) is 2.19. The summed E-state index contributed by atoms with van der Waals surface area (Å²) < 4.78 is 13.2. The van der Waals surface area contributed by atoms with Gasteiger partial charge >= 0.3 is 0 Å². The van der Waals surface area contributed by atoms with E-state index in [0.29, 0.717) is 17.2 Å². The van der Waals surface area contributed by atoms with Crippen LogP contribution in [0, 0.1) is 18.7 Å². The van der Waals surface area contributed by atoms with E-state index in [2.05, 4.69) is 19.2 Å². The quantitative estimate of drug-likeness (QED) is 0.875. The van der Waals surface area contributed by atoms with Crippen molar-refractivity contribution in [2.24, 2.45) is 5.92 Å². The van der Waals surface area contributed by atoms with Crippen molar-refractivity contribution in [3.63, 3.8) is 0 Å². The van der Waals surface area contributed by atoms with Crippen LogP contribution in [0.5, 0.6) is 0 Å². The zero-order valence-electron chi connectivity index (χ0n) is 12.6. The van der Waals surface area contributed by atoms with Gasteiger partial charge in [-0.25, -0.2) is 4.39 Å². The minimum Gasteiger partial charge on any atom is -0.322 e. The minimum absolute atomic E-state index is 0.222. The number of rotatable bonds is 4. The van der Waals surface area contributed by atoms with Crippen molar-refractivity contribution in [3.8, 4) is 0 Å². The van der Waals surface area contributed by atoms with Crippen LogP contribution in [0.3, 0.4) is 0 Å². The number of aryl methyl sites for hydroxylation is 1. The van der Waals surface area contributed by atoms with E-state index in [1.54, 1.807) is 6.07 Å². The van der Waals surface area contributed by atoms with Crippen molar-refractivity contribution in [3.05, 3.63) is 65.0 Å². The highest BCUT2D eigenvalue weighted by molar-refractivity contribution is 6.04. The molecule has 110 valence electrons. The Morgan fingerprint density at radius 2 is 1.81 bits per heavy atom. The van der Waals surface area contributed by atoms with Crippen molar-refractivity contribution < 1.29 is 9.18 Å². The summed E-state index contributed by atoms with van der Waals surface area (Å²) in [5.74, 6) is 0.00241. The van der Waals surface area contributed by atoms with E-state index in [-0.39, 0.29) is 11.7 Å². The molecule has 0 spiro atoms. The third kappa shape index (κ3) is 4.15. The lowest BCUT2D eigenvalue weighted by atomic mass is 10.0. The summed E-state index contributed by atoms with van der Waals surface area (Å²) in [6, 6.07) is 11.9. The van der Waals surface area contributed by atoms with Gasteiger partial charge in [0.25, 0.3) is 5.91 Å². The van der Waals surface area contributed by atoms with Gasteiger partial charge in [-0.1, -0.05) is 32.0 Å². The van der Waals surface area contributed by atoms with Crippen molar-refractivity contribution in [1.82, 2.24) is 0 Å². The molecule has 0 bridgehead atoms. The van der Waals surface area contributed by atoms with Gasteiger partial charge in [0.2, 0.25) is 0 Å². The lowest BCUT2D eigenvalue weighted by Crippen LogP contribution is -2.13. The number of amides is 1. The molecule has 2 aromatic rings. The highest BCUT2D eigenvalue weighted by Crippen LogP contribution is 2.17. The molecular weight excluding hydrogens is 265 g/mol. The first kappa shape index (κ1) is 15.2. The molecule has 3 heteroatoms. The van der Waals surface area contributed by atoms with Gasteiger partial charge in [0, 0.05) is 11.3 Å². The van der Waals surface area contributed by atoms with Gasteiger partial charge in [0.05, 0.1) is 0 Å². The molecule has 2 nitrogen and oxygen atoms in total. The van der Waals surface area contributed by atoms with Crippen LogP contribution in [-0.2, 0) is 6.42 Å². The van der Waals surface area contributed by atoms with Crippen LogP contribution >= 0.6 is 0 Å². The molecule has 0 aromatic heterocycles. The maximum atomic E-state index is 13.2. The van der Waals surface area contributed by atoms with Gasteiger partial charge in [-0.05, 0) is 54.7 Å². The maximum absolute atomic E-state index is 13.2. The van der Waals surface area contributed by atoms with Gasteiger partial charge in [-0.15, -0.1) is 0 Å². The average Bonchev–Trinajstić information content (AvgIpc) is 2.43. The van der Waals surface area contributed by atoms with Crippen LogP contribution < -0.4 is 5.32 Å². The number of halogens is 1. The Morgan fingerprint density at radius 3 is 2.43 bits per heavy atom. The molecule has 0 radical (unpaired) electrons. The summed E-state index contributed by atoms with van der Waals surface area (Å²) in [5.41, 5.74) is 3.13. The topological polar surface area (TPSA) is 29.1 Å². The van der Waals surface area contributed by atoms with Gasteiger partial charge in [0.15, 0.2) is 0 Å². The van der Waals surface area contributed by atoms with Crippen molar-refractivity contribution in [1.29, 1.82) is 0 Å². The lowest BCUT2D eigenvalue weighted by Gasteiger charge is -2.09. The molecule has 21 heavy (non-hydrogen) atoms. The molecule has 0 unspecified atom stereocenters. The molecule has 0 heterocycles. The third-order valence-corrected chi connectivity index (χ3v) is 3.31. The Balaban J connectivity index is 2.11. The zero-order valence-corrected chi connectivity index (χ0v) is 12.6. The molecular formula is C18H20FNO. The first-order valence-electron chi connectivity index (χ1n) is 7.12. The van der Waals surface area contributed by atoms with Gasteiger partial charge in [0.1, 0.15) is 5.82 Å². The van der Waals surface area contributed by atoms with Crippen LogP contribution in [0.4, 0.5) is 10.1 Å². The number of nitrogens with one attached hydrogen (secondary N) is 1. The van der Waals surface area contributed by atoms with E-state index in [0.717, 1.165) is 12.0 Å². The fraction of sp³-hybridized carbons (Fsp3) is 0.278. The van der Waals surface area contributed by atoms with E-state index < -0.39 is 0 Å². The molecule has 0 aliphatic rings. The first-order chi connectivity index (χ1) is 9.95. The highest BCUT2D eigenvalue weighted by Gasteiger charge is 2.09. The van der Waals surface area contributed by atoms with Gasteiger partial charge < -0.3 is 5.32 Å². The minimum atomic E-state index is -0.358. The normalized spacial score (nSPS) is 10.7. The number of carbonyl (C=O) groups is 1. The summed E-state index contributed by atoms with van der Waals surface area (Å²) in [4.78, 5) is 12.2. The zero-order chi connectivity index (χ0) is 15.4. The summed E-state index contributed by atoms with van der Waals surface area (Å²) in [7, 11) is 0. The summed E-state index contributed by atoms with van der Waals surface area (Å²) in [5, 5.41) is 2.75. The van der Waals surface area contributed by atoms with Crippen LogP contribution in [0.2, 0.25) is 0 Å². The predicted octanol–water partition coefficient (Wildman–Crippen LogP) is 4.58. The number of benzene rings is 2. The van der Waals surface area contributed by atoms with E-state index in [4.69, 9.17) is 0 Å². The SMILES string of the molecule is Cc1ccc(F)cc1NC(=O)c1ccc(CC(C)C)cc1. The molecule has 0 saturated heterocycles. The smallest absolute Gasteiger partial charge is 0.255 e. The Morgan fingerprint density at radius 1 is 1.14 bits per heavy atom. The standard InChI is InChI=1S/C18H20FNO/c1-12(2)10-14-5-7-15(8-6-14)18(21)20-17-11-16(19)9-4-13(17)3/h4-9,11-12H,10H2,1-3H3,(H,20,21). The maximum Gasteiger partial charge on any atom is 0.255 e. The number of hydrogen-bond donors (Lipinski definition) is 1. The number of hydrogen-bond acceptors (Lipinski definition) is 1. The van der Waals surface area contributed by atoms with E-state index in [1.165, 1.54) is 17.7 Å². The molecule has 0 aliphatic heterocycles. The van der Waals surface area contributed by atoms with E-state index in [9.17, 15) is 9.18 Å². The number of anilines is 1. The molecule has 0 aliphatic carbocycles. The van der Waals surface area contributed by atoms with Crippen molar-refractivity contribution in [2.45, 2.75) is 27.2 Å². The Bertz CT molecular complexity index is 632. The highest BCUT2D eigenvalue weighted by atomic mass is 19.1. The monoisotopic (exact) mass is 285 g/mol. The largest absolute Gasteiger partial charge is 0.322 e. The summed E-state index contributed by atoms with van der Waals surface area (Å²) in [6.07, 6.45) is 0.991. The molecule has 0 fully saturated rings. The van der Waals surface area contributed by atoms with Crippen LogP contribution in [-0.4, -0.2) is 5.91 Å². The number of carbonyl (C=O) groups excluding carboxylic acids is 1. The molecule has 0 atom stereocenters. The second-order valence-corrected chi connectivity index (χ2v) is 5.71. The van der Waals surface area contributed by atoms with Gasteiger partial charge in [-0.2, -0.15) is 0 Å². The molecule has 2 aromatic carbocycles. The van der Waals surface area contributed by atoms with Crippen LogP contribution in [0.15, 0.2) is 42.5 Å². The first-order valence-corrected chi connectivity index (χ1v) is 7.12. The molecule has 1 N–H and O–H groups in total. The second kappa shape index (κ2) is 6.53. The Kier molecular flexibility index (Phi) is 4.73. The molecule has 1 amide bonds.